The number of aryl methyl sites for hydroxylation is 1. The van der Waals surface area contributed by atoms with Gasteiger partial charge < -0.3 is 9.84 Å². The molecular formula is C16H12BrClO3. The van der Waals surface area contributed by atoms with Crippen LogP contribution in [0.5, 0.6) is 11.5 Å². The Balaban J connectivity index is 2.22. The third kappa shape index (κ3) is 4.34. The number of hydrogen-bond donors (Lipinski definition) is 1. The Morgan fingerprint density at radius 2 is 2.05 bits per heavy atom. The summed E-state index contributed by atoms with van der Waals surface area (Å²) in [5, 5.41) is 9.04. The standard InChI is InChI=1S/C16H12BrClO3/c1-10-8-12(17)4-6-15(10)21-13-5-2-11(14(18)9-13)3-7-16(19)20/h2-9H,1H3,(H,19,20)/b7-3+. The summed E-state index contributed by atoms with van der Waals surface area (Å²) >= 11 is 9.51. The van der Waals surface area contributed by atoms with E-state index in [0.717, 1.165) is 21.9 Å². The summed E-state index contributed by atoms with van der Waals surface area (Å²) in [6, 6.07) is 10.8. The fourth-order valence-corrected chi connectivity index (χ4v) is 2.43. The molecule has 0 bridgehead atoms. The minimum atomic E-state index is -1.02. The number of carbonyl (C=O) groups is 1. The van der Waals surface area contributed by atoms with Crippen LogP contribution < -0.4 is 4.74 Å². The number of aliphatic carboxylic acids is 1. The molecule has 108 valence electrons. The lowest BCUT2D eigenvalue weighted by Crippen LogP contribution is -1.89. The zero-order valence-corrected chi connectivity index (χ0v) is 13.5. The van der Waals surface area contributed by atoms with Crippen LogP contribution in [0.15, 0.2) is 46.9 Å². The molecule has 0 amide bonds. The highest BCUT2D eigenvalue weighted by Crippen LogP contribution is 2.30. The summed E-state index contributed by atoms with van der Waals surface area (Å²) in [5.74, 6) is 0.317. The van der Waals surface area contributed by atoms with Crippen molar-refractivity contribution in [2.75, 3.05) is 0 Å². The van der Waals surface area contributed by atoms with Crippen LogP contribution in [0.2, 0.25) is 5.02 Å². The molecule has 0 spiro atoms. The molecule has 0 aliphatic rings. The second-order valence-electron chi connectivity index (χ2n) is 4.37. The van der Waals surface area contributed by atoms with Gasteiger partial charge in [-0.25, -0.2) is 4.79 Å². The van der Waals surface area contributed by atoms with Crippen LogP contribution in [0.25, 0.3) is 6.08 Å². The number of halogens is 2. The molecular weight excluding hydrogens is 356 g/mol. The van der Waals surface area contributed by atoms with Gasteiger partial charge in [0.05, 0.1) is 5.02 Å². The van der Waals surface area contributed by atoms with Gasteiger partial charge in [-0.3, -0.25) is 0 Å². The van der Waals surface area contributed by atoms with Gasteiger partial charge in [-0.05, 0) is 60.5 Å². The molecule has 0 aliphatic heterocycles. The summed E-state index contributed by atoms with van der Waals surface area (Å²) in [4.78, 5) is 10.5. The van der Waals surface area contributed by atoms with Gasteiger partial charge in [0.25, 0.3) is 0 Å². The Morgan fingerprint density at radius 1 is 1.29 bits per heavy atom. The molecule has 0 aromatic heterocycles. The van der Waals surface area contributed by atoms with Gasteiger partial charge in [0, 0.05) is 10.5 Å². The van der Waals surface area contributed by atoms with Crippen molar-refractivity contribution in [1.82, 2.24) is 0 Å². The highest BCUT2D eigenvalue weighted by Gasteiger charge is 2.05. The first kappa shape index (κ1) is 15.6. The third-order valence-corrected chi connectivity index (χ3v) is 3.56. The van der Waals surface area contributed by atoms with Crippen molar-refractivity contribution in [3.05, 3.63) is 63.1 Å². The molecule has 0 saturated carbocycles. The maximum Gasteiger partial charge on any atom is 0.328 e. The molecule has 2 rings (SSSR count). The lowest BCUT2D eigenvalue weighted by atomic mass is 10.2. The average molecular weight is 368 g/mol. The Hall–Kier alpha value is -1.78. The minimum absolute atomic E-state index is 0.430. The van der Waals surface area contributed by atoms with Crippen molar-refractivity contribution in [3.8, 4) is 11.5 Å². The van der Waals surface area contributed by atoms with Crippen LogP contribution in [-0.4, -0.2) is 11.1 Å². The molecule has 0 radical (unpaired) electrons. The molecule has 0 saturated heterocycles. The molecule has 2 aromatic rings. The largest absolute Gasteiger partial charge is 0.478 e. The van der Waals surface area contributed by atoms with Crippen molar-refractivity contribution in [2.24, 2.45) is 0 Å². The van der Waals surface area contributed by atoms with Crippen LogP contribution >= 0.6 is 27.5 Å². The summed E-state index contributed by atoms with van der Waals surface area (Å²) in [6.07, 6.45) is 2.49. The van der Waals surface area contributed by atoms with Crippen molar-refractivity contribution in [2.45, 2.75) is 6.92 Å². The van der Waals surface area contributed by atoms with Crippen LogP contribution in [0.4, 0.5) is 0 Å². The molecule has 0 aliphatic carbocycles. The zero-order valence-electron chi connectivity index (χ0n) is 11.1. The van der Waals surface area contributed by atoms with E-state index in [-0.39, 0.29) is 0 Å². The molecule has 0 atom stereocenters. The average Bonchev–Trinajstić information content (AvgIpc) is 2.41. The zero-order chi connectivity index (χ0) is 15.4. The second kappa shape index (κ2) is 6.78. The first-order chi connectivity index (χ1) is 9.95. The highest BCUT2D eigenvalue weighted by molar-refractivity contribution is 9.10. The normalized spacial score (nSPS) is 10.8. The van der Waals surface area contributed by atoms with E-state index in [2.05, 4.69) is 15.9 Å². The topological polar surface area (TPSA) is 46.5 Å². The van der Waals surface area contributed by atoms with Crippen LogP contribution in [0.3, 0.4) is 0 Å². The van der Waals surface area contributed by atoms with Gasteiger partial charge >= 0.3 is 5.97 Å². The molecule has 0 fully saturated rings. The molecule has 3 nitrogen and oxygen atoms in total. The van der Waals surface area contributed by atoms with Gasteiger partial charge in [-0.15, -0.1) is 0 Å². The van der Waals surface area contributed by atoms with Gasteiger partial charge in [0.1, 0.15) is 11.5 Å². The van der Waals surface area contributed by atoms with E-state index in [0.29, 0.717) is 16.3 Å². The lowest BCUT2D eigenvalue weighted by molar-refractivity contribution is -0.131. The Kier molecular flexibility index (Phi) is 5.04. The smallest absolute Gasteiger partial charge is 0.328 e. The summed E-state index contributed by atoms with van der Waals surface area (Å²) in [7, 11) is 0. The predicted molar refractivity (Wildman–Crippen MR) is 87.1 cm³/mol. The van der Waals surface area contributed by atoms with Crippen molar-refractivity contribution in [3.63, 3.8) is 0 Å². The number of hydrogen-bond acceptors (Lipinski definition) is 2. The Morgan fingerprint density at radius 3 is 2.67 bits per heavy atom. The first-order valence-electron chi connectivity index (χ1n) is 6.10. The van der Waals surface area contributed by atoms with Gasteiger partial charge in [0.15, 0.2) is 0 Å². The van der Waals surface area contributed by atoms with E-state index in [9.17, 15) is 4.79 Å². The number of benzene rings is 2. The van der Waals surface area contributed by atoms with Crippen LogP contribution in [0.1, 0.15) is 11.1 Å². The Bertz CT molecular complexity index is 711. The second-order valence-corrected chi connectivity index (χ2v) is 5.69. The molecule has 21 heavy (non-hydrogen) atoms. The van der Waals surface area contributed by atoms with Gasteiger partial charge in [0.2, 0.25) is 0 Å². The van der Waals surface area contributed by atoms with E-state index >= 15 is 0 Å². The number of rotatable bonds is 4. The van der Waals surface area contributed by atoms with E-state index in [1.165, 1.54) is 6.08 Å². The fourth-order valence-electron chi connectivity index (χ4n) is 1.72. The quantitative estimate of drug-likeness (QED) is 0.746. The van der Waals surface area contributed by atoms with E-state index in [1.807, 2.05) is 25.1 Å². The molecule has 2 aromatic carbocycles. The molecule has 1 N–H and O–H groups in total. The predicted octanol–water partition coefficient (Wildman–Crippen LogP) is 5.30. The van der Waals surface area contributed by atoms with E-state index in [1.54, 1.807) is 18.2 Å². The summed E-state index contributed by atoms with van der Waals surface area (Å²) in [6.45, 7) is 1.95. The first-order valence-corrected chi connectivity index (χ1v) is 7.27. The minimum Gasteiger partial charge on any atom is -0.478 e. The van der Waals surface area contributed by atoms with Crippen LogP contribution in [0, 0.1) is 6.92 Å². The summed E-state index contributed by atoms with van der Waals surface area (Å²) < 4.78 is 6.77. The third-order valence-electron chi connectivity index (χ3n) is 2.74. The number of carboxylic acid groups (broad SMARTS) is 1. The molecule has 5 heteroatoms. The van der Waals surface area contributed by atoms with Gasteiger partial charge in [-0.1, -0.05) is 27.5 Å². The molecule has 0 heterocycles. The SMILES string of the molecule is Cc1cc(Br)ccc1Oc1ccc(/C=C/C(=O)O)c(Cl)c1. The van der Waals surface area contributed by atoms with E-state index in [4.69, 9.17) is 21.4 Å². The monoisotopic (exact) mass is 366 g/mol. The highest BCUT2D eigenvalue weighted by atomic mass is 79.9. The van der Waals surface area contributed by atoms with Gasteiger partial charge in [-0.2, -0.15) is 0 Å². The van der Waals surface area contributed by atoms with Crippen molar-refractivity contribution in [1.29, 1.82) is 0 Å². The fraction of sp³-hybridized carbons (Fsp3) is 0.0625. The maximum absolute atomic E-state index is 10.5. The van der Waals surface area contributed by atoms with Crippen LogP contribution in [-0.2, 0) is 4.79 Å². The van der Waals surface area contributed by atoms with Crippen molar-refractivity contribution >= 4 is 39.6 Å². The summed E-state index contributed by atoms with van der Waals surface area (Å²) in [5.41, 5.74) is 1.62. The maximum atomic E-state index is 10.5. The lowest BCUT2D eigenvalue weighted by Gasteiger charge is -2.10. The number of carboxylic acids is 1. The number of ether oxygens (including phenoxy) is 1. The molecule has 0 unspecified atom stereocenters. The Labute approximate surface area is 135 Å². The van der Waals surface area contributed by atoms with Crippen molar-refractivity contribution < 1.29 is 14.6 Å². The van der Waals surface area contributed by atoms with E-state index < -0.39 is 5.97 Å².